The van der Waals surface area contributed by atoms with E-state index >= 15 is 0 Å². The number of hydrogen-bond donors (Lipinski definition) is 4. The lowest BCUT2D eigenvalue weighted by Crippen LogP contribution is -2.52. The van der Waals surface area contributed by atoms with Crippen LogP contribution in [0.2, 0.25) is 6.32 Å². The van der Waals surface area contributed by atoms with Crippen molar-refractivity contribution in [2.75, 3.05) is 0 Å². The Balaban J connectivity index is 0. The van der Waals surface area contributed by atoms with Gasteiger partial charge in [-0.3, -0.25) is 4.79 Å². The molecule has 0 aromatic carbocycles. The second-order valence-corrected chi connectivity index (χ2v) is 4.23. The molecular formula is C9H21BClNO4. The van der Waals surface area contributed by atoms with Gasteiger partial charge in [0.1, 0.15) is 5.54 Å². The van der Waals surface area contributed by atoms with Crippen LogP contribution in [0.3, 0.4) is 0 Å². The van der Waals surface area contributed by atoms with E-state index in [1.54, 1.807) is 13.8 Å². The fourth-order valence-corrected chi connectivity index (χ4v) is 1.39. The van der Waals surface area contributed by atoms with Crippen LogP contribution in [0.1, 0.15) is 33.1 Å². The topological polar surface area (TPSA) is 104 Å². The molecule has 0 fully saturated rings. The van der Waals surface area contributed by atoms with Crippen LogP contribution in [-0.2, 0) is 4.79 Å². The standard InChI is InChI=1S/C9H20BNO4.ClH/c1-7(2)9(11,8(12)13)5-3-4-6-10(14)15;/h7,14-15H,3-6,11H2,1-2H3,(H,12,13);1H. The Kier molecular flexibility index (Phi) is 8.92. The Morgan fingerprint density at radius 2 is 1.88 bits per heavy atom. The molecule has 7 heteroatoms. The molecule has 1 atom stereocenters. The summed E-state index contributed by atoms with van der Waals surface area (Å²) in [5, 5.41) is 26.2. The smallest absolute Gasteiger partial charge is 0.451 e. The molecule has 0 aromatic heterocycles. The van der Waals surface area contributed by atoms with Crippen molar-refractivity contribution in [3.8, 4) is 0 Å². The van der Waals surface area contributed by atoms with E-state index in [4.69, 9.17) is 20.9 Å². The van der Waals surface area contributed by atoms with Gasteiger partial charge in [0, 0.05) is 0 Å². The number of aliphatic carboxylic acids is 1. The summed E-state index contributed by atoms with van der Waals surface area (Å²) >= 11 is 0. The summed E-state index contributed by atoms with van der Waals surface area (Å²) in [6.45, 7) is 3.55. The predicted octanol–water partition coefficient (Wildman–Crippen LogP) is 0.489. The summed E-state index contributed by atoms with van der Waals surface area (Å²) < 4.78 is 0. The van der Waals surface area contributed by atoms with Gasteiger partial charge in [0.05, 0.1) is 0 Å². The van der Waals surface area contributed by atoms with Gasteiger partial charge in [-0.15, -0.1) is 12.4 Å². The minimum absolute atomic E-state index is 0. The number of carboxylic acid groups (broad SMARTS) is 1. The van der Waals surface area contributed by atoms with Crippen molar-refractivity contribution < 1.29 is 19.9 Å². The highest BCUT2D eigenvalue weighted by molar-refractivity contribution is 6.40. The van der Waals surface area contributed by atoms with Crippen molar-refractivity contribution in [1.29, 1.82) is 0 Å². The molecule has 0 rings (SSSR count). The van der Waals surface area contributed by atoms with Crippen molar-refractivity contribution in [2.45, 2.75) is 45.0 Å². The van der Waals surface area contributed by atoms with Gasteiger partial charge < -0.3 is 20.9 Å². The zero-order valence-electron chi connectivity index (χ0n) is 9.72. The van der Waals surface area contributed by atoms with Crippen molar-refractivity contribution in [3.05, 3.63) is 0 Å². The monoisotopic (exact) mass is 253 g/mol. The van der Waals surface area contributed by atoms with Crippen molar-refractivity contribution in [3.63, 3.8) is 0 Å². The van der Waals surface area contributed by atoms with Crippen LogP contribution in [0, 0.1) is 5.92 Å². The Labute approximate surface area is 103 Å². The van der Waals surface area contributed by atoms with Crippen LogP contribution in [0.25, 0.3) is 0 Å². The average molecular weight is 254 g/mol. The third-order valence-electron chi connectivity index (χ3n) is 2.73. The molecule has 0 aliphatic carbocycles. The van der Waals surface area contributed by atoms with Crippen LogP contribution < -0.4 is 5.73 Å². The van der Waals surface area contributed by atoms with E-state index in [0.29, 0.717) is 19.3 Å². The first kappa shape index (κ1) is 18.1. The van der Waals surface area contributed by atoms with E-state index in [-0.39, 0.29) is 24.6 Å². The van der Waals surface area contributed by atoms with E-state index in [0.717, 1.165) is 0 Å². The minimum atomic E-state index is -1.32. The van der Waals surface area contributed by atoms with Gasteiger partial charge in [0.15, 0.2) is 0 Å². The van der Waals surface area contributed by atoms with Gasteiger partial charge >= 0.3 is 13.1 Å². The van der Waals surface area contributed by atoms with Crippen molar-refractivity contribution >= 4 is 25.5 Å². The lowest BCUT2D eigenvalue weighted by atomic mass is 9.79. The molecule has 0 spiro atoms. The first-order chi connectivity index (χ1) is 6.80. The van der Waals surface area contributed by atoms with Gasteiger partial charge in [0.2, 0.25) is 0 Å². The lowest BCUT2D eigenvalue weighted by molar-refractivity contribution is -0.145. The number of carboxylic acids is 1. The molecule has 5 N–H and O–H groups in total. The number of hydrogen-bond acceptors (Lipinski definition) is 4. The van der Waals surface area contributed by atoms with E-state index in [1.807, 2.05) is 0 Å². The fraction of sp³-hybridized carbons (Fsp3) is 0.889. The maximum absolute atomic E-state index is 11.0. The van der Waals surface area contributed by atoms with Crippen molar-refractivity contribution in [2.24, 2.45) is 11.7 Å². The number of nitrogens with two attached hydrogens (primary N) is 1. The Morgan fingerprint density at radius 3 is 2.19 bits per heavy atom. The van der Waals surface area contributed by atoms with Gasteiger partial charge in [-0.25, -0.2) is 0 Å². The highest BCUT2D eigenvalue weighted by Crippen LogP contribution is 2.21. The van der Waals surface area contributed by atoms with Gasteiger partial charge in [-0.1, -0.05) is 26.7 Å². The highest BCUT2D eigenvalue weighted by Gasteiger charge is 2.36. The van der Waals surface area contributed by atoms with Crippen LogP contribution in [0.4, 0.5) is 0 Å². The minimum Gasteiger partial charge on any atom is -0.480 e. The SMILES string of the molecule is CC(C)C(N)(CCCCB(O)O)C(=O)O.Cl. The lowest BCUT2D eigenvalue weighted by Gasteiger charge is -2.28. The van der Waals surface area contributed by atoms with Crippen LogP contribution in [-0.4, -0.2) is 33.8 Å². The van der Waals surface area contributed by atoms with Gasteiger partial charge in [-0.05, 0) is 18.7 Å². The third-order valence-corrected chi connectivity index (χ3v) is 2.73. The number of halogens is 1. The Morgan fingerprint density at radius 1 is 1.38 bits per heavy atom. The zero-order valence-corrected chi connectivity index (χ0v) is 10.5. The molecule has 1 unspecified atom stereocenters. The van der Waals surface area contributed by atoms with Crippen LogP contribution in [0.5, 0.6) is 0 Å². The number of carbonyl (C=O) groups is 1. The first-order valence-electron chi connectivity index (χ1n) is 5.19. The summed E-state index contributed by atoms with van der Waals surface area (Å²) in [4.78, 5) is 11.0. The highest BCUT2D eigenvalue weighted by atomic mass is 35.5. The molecule has 0 aliphatic rings. The second kappa shape index (κ2) is 7.89. The Bertz CT molecular complexity index is 216. The molecule has 0 amide bonds. The molecule has 0 aliphatic heterocycles. The van der Waals surface area contributed by atoms with Crippen molar-refractivity contribution in [1.82, 2.24) is 0 Å². The second-order valence-electron chi connectivity index (χ2n) is 4.23. The summed E-state index contributed by atoms with van der Waals surface area (Å²) in [5.74, 6) is -1.14. The van der Waals surface area contributed by atoms with Crippen LogP contribution in [0.15, 0.2) is 0 Å². The average Bonchev–Trinajstić information content (AvgIpc) is 2.10. The largest absolute Gasteiger partial charge is 0.480 e. The van der Waals surface area contributed by atoms with E-state index in [9.17, 15) is 4.79 Å². The summed E-state index contributed by atoms with van der Waals surface area (Å²) in [6.07, 6.45) is 1.76. The molecule has 0 saturated carbocycles. The zero-order chi connectivity index (χ0) is 12.1. The van der Waals surface area contributed by atoms with Gasteiger partial charge in [0.25, 0.3) is 0 Å². The molecule has 0 saturated heterocycles. The quantitative estimate of drug-likeness (QED) is 0.390. The predicted molar refractivity (Wildman–Crippen MR) is 65.5 cm³/mol. The summed E-state index contributed by atoms with van der Waals surface area (Å²) in [7, 11) is -1.32. The number of rotatable bonds is 7. The number of unbranched alkanes of at least 4 members (excludes halogenated alkanes) is 1. The van der Waals surface area contributed by atoms with Gasteiger partial charge in [-0.2, -0.15) is 0 Å². The molecule has 5 nitrogen and oxygen atoms in total. The molecule has 0 radical (unpaired) electrons. The maximum Gasteiger partial charge on any atom is 0.451 e. The van der Waals surface area contributed by atoms with E-state index < -0.39 is 18.6 Å². The molecular weight excluding hydrogens is 232 g/mol. The maximum atomic E-state index is 11.0. The molecule has 0 heterocycles. The summed E-state index contributed by atoms with van der Waals surface area (Å²) in [5.41, 5.74) is 4.57. The third kappa shape index (κ3) is 5.70. The van der Waals surface area contributed by atoms with E-state index in [1.165, 1.54) is 0 Å². The molecule has 16 heavy (non-hydrogen) atoms. The molecule has 0 aromatic rings. The van der Waals surface area contributed by atoms with E-state index in [2.05, 4.69) is 0 Å². The summed E-state index contributed by atoms with van der Waals surface area (Å²) in [6, 6.07) is 0. The molecule has 0 bridgehead atoms. The van der Waals surface area contributed by atoms with Crippen LogP contribution >= 0.6 is 12.4 Å². The Hall–Kier alpha value is -0.295. The normalized spacial score (nSPS) is 14.1. The fourth-order valence-electron chi connectivity index (χ4n) is 1.39. The molecule has 96 valence electrons. The first-order valence-corrected chi connectivity index (χ1v) is 5.19.